The Hall–Kier alpha value is -1.89. The Morgan fingerprint density at radius 2 is 2.05 bits per heavy atom. The van der Waals surface area contributed by atoms with Gasteiger partial charge in [-0.25, -0.2) is 4.79 Å². The van der Waals surface area contributed by atoms with Crippen molar-refractivity contribution in [3.05, 3.63) is 34.3 Å². The molecule has 1 aromatic rings. The molecule has 21 heavy (non-hydrogen) atoms. The van der Waals surface area contributed by atoms with Crippen LogP contribution in [0.25, 0.3) is 0 Å². The molecule has 0 aliphatic carbocycles. The zero-order valence-corrected chi connectivity index (χ0v) is 13.6. The zero-order chi connectivity index (χ0) is 15.8. The van der Waals surface area contributed by atoms with Gasteiger partial charge in [-0.1, -0.05) is 28.1 Å². The van der Waals surface area contributed by atoms with Crippen LogP contribution in [0.1, 0.15) is 12.5 Å². The number of nitrogens with one attached hydrogen (secondary N) is 1. The molecule has 1 aromatic carbocycles. The van der Waals surface area contributed by atoms with Crippen LogP contribution in [0.2, 0.25) is 0 Å². The maximum Gasteiger partial charge on any atom is 0.325 e. The van der Waals surface area contributed by atoms with Crippen molar-refractivity contribution in [3.8, 4) is 0 Å². The van der Waals surface area contributed by atoms with E-state index in [-0.39, 0.29) is 12.5 Å². The molecule has 2 rings (SSSR count). The summed E-state index contributed by atoms with van der Waals surface area (Å²) in [7, 11) is 3.16. The van der Waals surface area contributed by atoms with Crippen LogP contribution in [0, 0.1) is 0 Å². The Labute approximate surface area is 131 Å². The highest BCUT2D eigenvalue weighted by Gasteiger charge is 2.49. The maximum atomic E-state index is 12.6. The fourth-order valence-electron chi connectivity index (χ4n) is 2.11. The maximum absolute atomic E-state index is 12.6. The number of carbonyl (C=O) groups excluding carboxylic acids is 3. The van der Waals surface area contributed by atoms with E-state index in [1.54, 1.807) is 39.2 Å². The first-order valence-electron chi connectivity index (χ1n) is 6.36. The lowest BCUT2D eigenvalue weighted by molar-refractivity contribution is -0.137. The summed E-state index contributed by atoms with van der Waals surface area (Å²) in [6.45, 7) is 1.37. The zero-order valence-electron chi connectivity index (χ0n) is 12.0. The second-order valence-corrected chi connectivity index (χ2v) is 6.16. The second kappa shape index (κ2) is 5.48. The van der Waals surface area contributed by atoms with Gasteiger partial charge in [0.1, 0.15) is 12.1 Å². The molecule has 0 unspecified atom stereocenters. The molecule has 1 fully saturated rings. The first-order valence-corrected chi connectivity index (χ1v) is 7.15. The van der Waals surface area contributed by atoms with Gasteiger partial charge in [-0.05, 0) is 24.6 Å². The lowest BCUT2D eigenvalue weighted by atomic mass is 9.92. The Bertz CT molecular complexity index is 617. The van der Waals surface area contributed by atoms with Crippen LogP contribution in [0.4, 0.5) is 4.79 Å². The van der Waals surface area contributed by atoms with Gasteiger partial charge in [0.05, 0.1) is 0 Å². The first kappa shape index (κ1) is 15.5. The van der Waals surface area contributed by atoms with Crippen LogP contribution in [0.5, 0.6) is 0 Å². The minimum Gasteiger partial charge on any atom is -0.347 e. The van der Waals surface area contributed by atoms with Crippen LogP contribution < -0.4 is 5.32 Å². The molecule has 0 radical (unpaired) electrons. The standard InChI is InChI=1S/C14H16BrN3O3/c1-14(9-5-4-6-10(15)7-9)12(20)18(13(21)16-14)8-11(19)17(2)3/h4-7H,8H2,1-3H3,(H,16,21)/t14-/m1/s1. The number of imide groups is 1. The Morgan fingerprint density at radius 1 is 1.38 bits per heavy atom. The molecular formula is C14H16BrN3O3. The molecule has 1 aliphatic heterocycles. The number of hydrogen-bond acceptors (Lipinski definition) is 3. The average molecular weight is 354 g/mol. The quantitative estimate of drug-likeness (QED) is 0.832. The van der Waals surface area contributed by atoms with E-state index in [4.69, 9.17) is 0 Å². The summed E-state index contributed by atoms with van der Waals surface area (Å²) in [5, 5.41) is 2.66. The van der Waals surface area contributed by atoms with Gasteiger partial charge in [0.25, 0.3) is 5.91 Å². The van der Waals surface area contributed by atoms with Gasteiger partial charge in [0.2, 0.25) is 5.91 Å². The van der Waals surface area contributed by atoms with E-state index in [1.165, 1.54) is 4.90 Å². The van der Waals surface area contributed by atoms with E-state index in [9.17, 15) is 14.4 Å². The number of halogens is 1. The fourth-order valence-corrected chi connectivity index (χ4v) is 2.51. The first-order chi connectivity index (χ1) is 9.75. The number of carbonyl (C=O) groups is 3. The molecule has 1 saturated heterocycles. The van der Waals surface area contributed by atoms with Crippen molar-refractivity contribution in [1.82, 2.24) is 15.1 Å². The number of hydrogen-bond donors (Lipinski definition) is 1. The number of urea groups is 1. The summed E-state index contributed by atoms with van der Waals surface area (Å²) in [6, 6.07) is 6.60. The number of benzene rings is 1. The van der Waals surface area contributed by atoms with E-state index in [0.29, 0.717) is 5.56 Å². The molecule has 0 bridgehead atoms. The van der Waals surface area contributed by atoms with Crippen molar-refractivity contribution in [2.45, 2.75) is 12.5 Å². The molecule has 0 aromatic heterocycles. The topological polar surface area (TPSA) is 69.7 Å². The highest BCUT2D eigenvalue weighted by atomic mass is 79.9. The minimum atomic E-state index is -1.16. The summed E-state index contributed by atoms with van der Waals surface area (Å²) in [5.41, 5.74) is -0.497. The van der Waals surface area contributed by atoms with Crippen molar-refractivity contribution < 1.29 is 14.4 Å². The molecule has 1 atom stereocenters. The molecule has 112 valence electrons. The lowest BCUT2D eigenvalue weighted by Crippen LogP contribution is -2.43. The predicted octanol–water partition coefficient (Wildman–Crippen LogP) is 1.30. The van der Waals surface area contributed by atoms with Crippen molar-refractivity contribution in [1.29, 1.82) is 0 Å². The van der Waals surface area contributed by atoms with Crippen molar-refractivity contribution in [3.63, 3.8) is 0 Å². The highest BCUT2D eigenvalue weighted by molar-refractivity contribution is 9.10. The van der Waals surface area contributed by atoms with Crippen molar-refractivity contribution in [2.24, 2.45) is 0 Å². The molecule has 7 heteroatoms. The van der Waals surface area contributed by atoms with Gasteiger partial charge in [0.15, 0.2) is 0 Å². The smallest absolute Gasteiger partial charge is 0.325 e. The van der Waals surface area contributed by atoms with Gasteiger partial charge in [-0.3, -0.25) is 14.5 Å². The van der Waals surface area contributed by atoms with Crippen LogP contribution >= 0.6 is 15.9 Å². The third-order valence-electron chi connectivity index (χ3n) is 3.47. The van der Waals surface area contributed by atoms with E-state index < -0.39 is 17.5 Å². The number of amides is 4. The highest BCUT2D eigenvalue weighted by Crippen LogP contribution is 2.30. The SMILES string of the molecule is CN(C)C(=O)CN1C(=O)N[C@](C)(c2cccc(Br)c2)C1=O. The van der Waals surface area contributed by atoms with Gasteiger partial charge in [-0.15, -0.1) is 0 Å². The van der Waals surface area contributed by atoms with Crippen LogP contribution in [0.15, 0.2) is 28.7 Å². The molecule has 0 saturated carbocycles. The van der Waals surface area contributed by atoms with E-state index >= 15 is 0 Å². The van der Waals surface area contributed by atoms with E-state index in [1.807, 2.05) is 6.07 Å². The van der Waals surface area contributed by atoms with Gasteiger partial charge in [-0.2, -0.15) is 0 Å². The van der Waals surface area contributed by atoms with Gasteiger partial charge < -0.3 is 10.2 Å². The van der Waals surface area contributed by atoms with E-state index in [2.05, 4.69) is 21.2 Å². The normalized spacial score (nSPS) is 21.4. The Balaban J connectivity index is 2.30. The molecular weight excluding hydrogens is 338 g/mol. The number of rotatable bonds is 3. The summed E-state index contributed by atoms with van der Waals surface area (Å²) in [5.74, 6) is -0.738. The fraction of sp³-hybridized carbons (Fsp3) is 0.357. The second-order valence-electron chi connectivity index (χ2n) is 5.24. The molecule has 6 nitrogen and oxygen atoms in total. The molecule has 4 amide bonds. The van der Waals surface area contributed by atoms with Crippen LogP contribution in [0.3, 0.4) is 0 Å². The molecule has 1 N–H and O–H groups in total. The average Bonchev–Trinajstić information content (AvgIpc) is 2.63. The monoisotopic (exact) mass is 353 g/mol. The minimum absolute atomic E-state index is 0.263. The lowest BCUT2D eigenvalue weighted by Gasteiger charge is -2.22. The summed E-state index contributed by atoms with van der Waals surface area (Å²) in [4.78, 5) is 38.6. The number of likely N-dealkylation sites (N-methyl/N-ethyl adjacent to an activating group) is 1. The van der Waals surface area contributed by atoms with Crippen LogP contribution in [-0.4, -0.2) is 48.3 Å². The molecule has 1 heterocycles. The Morgan fingerprint density at radius 3 is 2.62 bits per heavy atom. The molecule has 0 spiro atoms. The third kappa shape index (κ3) is 2.78. The van der Waals surface area contributed by atoms with Crippen molar-refractivity contribution in [2.75, 3.05) is 20.6 Å². The van der Waals surface area contributed by atoms with Crippen LogP contribution in [-0.2, 0) is 15.1 Å². The van der Waals surface area contributed by atoms with Gasteiger partial charge >= 0.3 is 6.03 Å². The summed E-state index contributed by atoms with van der Waals surface area (Å²) >= 11 is 3.34. The van der Waals surface area contributed by atoms with Gasteiger partial charge in [0, 0.05) is 18.6 Å². The molecule has 1 aliphatic rings. The predicted molar refractivity (Wildman–Crippen MR) is 80.4 cm³/mol. The van der Waals surface area contributed by atoms with E-state index in [0.717, 1.165) is 9.37 Å². The Kier molecular flexibility index (Phi) is 4.04. The summed E-state index contributed by atoms with van der Waals surface area (Å²) < 4.78 is 0.811. The number of nitrogens with zero attached hydrogens (tertiary/aromatic N) is 2. The largest absolute Gasteiger partial charge is 0.347 e. The van der Waals surface area contributed by atoms with Crippen molar-refractivity contribution >= 4 is 33.8 Å². The third-order valence-corrected chi connectivity index (χ3v) is 3.96. The summed E-state index contributed by atoms with van der Waals surface area (Å²) in [6.07, 6.45) is 0.